The van der Waals surface area contributed by atoms with Gasteiger partial charge in [-0.05, 0) is 91.5 Å². The molecule has 10 aromatic carbocycles. The lowest BCUT2D eigenvalue weighted by Crippen LogP contribution is -2.74. The number of hydrogen-bond acceptors (Lipinski definition) is 4. The van der Waals surface area contributed by atoms with Crippen LogP contribution in [0.15, 0.2) is 261 Å². The lowest BCUT2D eigenvalue weighted by molar-refractivity contribution is 0.885. The number of hydrogen-bond donors (Lipinski definition) is 0. The van der Waals surface area contributed by atoms with E-state index in [1.54, 1.807) is 0 Å². The first-order valence-electron chi connectivity index (χ1n) is 24.3. The van der Waals surface area contributed by atoms with Gasteiger partial charge >= 0.3 is 0 Å². The van der Waals surface area contributed by atoms with Gasteiger partial charge in [0.2, 0.25) is 17.7 Å². The van der Waals surface area contributed by atoms with E-state index in [-0.39, 0.29) is 0 Å². The average molecular weight is 938 g/mol. The van der Waals surface area contributed by atoms with Crippen molar-refractivity contribution in [2.45, 2.75) is 0 Å². The lowest BCUT2D eigenvalue weighted by atomic mass is 10.0. The molecule has 0 amide bonds. The molecule has 8 heteroatoms. The topological polar surface area (TPSA) is 65.8 Å². The summed E-state index contributed by atoms with van der Waals surface area (Å²) in [7, 11) is -2.92. The van der Waals surface area contributed by atoms with Gasteiger partial charge in [-0.25, -0.2) is 9.55 Å². The maximum atomic E-state index is 5.58. The van der Waals surface area contributed by atoms with E-state index in [2.05, 4.69) is 268 Å². The highest BCUT2D eigenvalue weighted by Gasteiger charge is 2.41. The highest BCUT2D eigenvalue weighted by Crippen LogP contribution is 2.38. The van der Waals surface area contributed by atoms with E-state index in [9.17, 15) is 0 Å². The summed E-state index contributed by atoms with van der Waals surface area (Å²) in [5.74, 6) is 2.25. The second kappa shape index (κ2) is 16.9. The quantitative estimate of drug-likeness (QED) is 0.107. The van der Waals surface area contributed by atoms with Crippen molar-refractivity contribution in [1.82, 2.24) is 33.5 Å². The van der Waals surface area contributed by atoms with Crippen molar-refractivity contribution >= 4 is 78.5 Å². The van der Waals surface area contributed by atoms with Gasteiger partial charge in [-0.1, -0.05) is 212 Å². The van der Waals surface area contributed by atoms with Crippen molar-refractivity contribution in [3.63, 3.8) is 0 Å². The van der Waals surface area contributed by atoms with Crippen LogP contribution in [0.5, 0.6) is 0 Å². The third-order valence-corrected chi connectivity index (χ3v) is 19.0. The van der Waals surface area contributed by atoms with Gasteiger partial charge in [0.05, 0.1) is 33.1 Å². The monoisotopic (exact) mass is 937 g/mol. The molecule has 7 nitrogen and oxygen atoms in total. The Balaban J connectivity index is 1.07. The van der Waals surface area contributed by atoms with Gasteiger partial charge in [0.1, 0.15) is 0 Å². The van der Waals surface area contributed by atoms with Crippen LogP contribution in [0.3, 0.4) is 0 Å². The summed E-state index contributed by atoms with van der Waals surface area (Å²) in [4.78, 5) is 21.9. The van der Waals surface area contributed by atoms with Crippen LogP contribution in [0.25, 0.3) is 95.2 Å². The van der Waals surface area contributed by atoms with E-state index in [1.165, 1.54) is 20.7 Å². The first-order chi connectivity index (χ1) is 35.7. The van der Waals surface area contributed by atoms with Crippen LogP contribution >= 0.6 is 0 Å². The van der Waals surface area contributed by atoms with Crippen LogP contribution in [0.2, 0.25) is 0 Å². The predicted molar refractivity (Wildman–Crippen MR) is 297 cm³/mol. The van der Waals surface area contributed by atoms with E-state index in [0.29, 0.717) is 17.7 Å². The SMILES string of the molecule is c1ccc(-c2ccc3c(c2)c2cc(-c4ccccc4)ccc2n3-c2nc(-c3cccc([Si](c4ccccc4)(c4ccccc4)c4ccccc4)c3)nc(-n3c4ccccc4n4c5ccccc5nc34)n2)cc1. The third-order valence-electron chi connectivity index (χ3n) is 14.3. The molecule has 0 spiro atoms. The fraction of sp³-hybridized carbons (Fsp3) is 0. The Bertz CT molecular complexity index is 4130. The van der Waals surface area contributed by atoms with Crippen molar-refractivity contribution in [1.29, 1.82) is 0 Å². The molecule has 0 bridgehead atoms. The van der Waals surface area contributed by atoms with Gasteiger partial charge in [0.25, 0.3) is 0 Å². The Labute approximate surface area is 416 Å². The first-order valence-corrected chi connectivity index (χ1v) is 26.3. The molecule has 0 atom stereocenters. The van der Waals surface area contributed by atoms with Crippen molar-refractivity contribution in [2.24, 2.45) is 0 Å². The largest absolute Gasteiger partial charge is 0.278 e. The second-order valence-electron chi connectivity index (χ2n) is 18.3. The molecule has 14 aromatic rings. The van der Waals surface area contributed by atoms with Crippen molar-refractivity contribution in [3.8, 4) is 45.5 Å². The maximum Gasteiger partial charge on any atom is 0.242 e. The molecule has 0 unspecified atom stereocenters. The van der Waals surface area contributed by atoms with Crippen molar-refractivity contribution < 1.29 is 0 Å². The number of nitrogens with zero attached hydrogens (tertiary/aromatic N) is 7. The molecule has 0 aliphatic carbocycles. The summed E-state index contributed by atoms with van der Waals surface area (Å²) < 4.78 is 6.53. The number of benzene rings is 10. The van der Waals surface area contributed by atoms with Gasteiger partial charge in [-0.3, -0.25) is 8.97 Å². The van der Waals surface area contributed by atoms with Crippen LogP contribution in [-0.2, 0) is 0 Å². The number of fused-ring (bicyclic) bond motifs is 8. The molecule has 4 aromatic heterocycles. The van der Waals surface area contributed by atoms with Gasteiger partial charge in [-0.2, -0.15) is 15.0 Å². The third kappa shape index (κ3) is 6.57. The molecule has 0 radical (unpaired) electrons. The molecule has 0 saturated heterocycles. The smallest absolute Gasteiger partial charge is 0.242 e. The molecule has 0 fully saturated rings. The molecular weight excluding hydrogens is 895 g/mol. The van der Waals surface area contributed by atoms with E-state index in [4.69, 9.17) is 19.9 Å². The standard InChI is InChI=1S/C64H43N7Si/c1-6-21-44(22-7-1)46-37-39-56-53(42-46)54-43-47(45-23-8-2-9-24-45)38-40-57(54)69(56)62-66-61(67-63(68-62)71-60-36-19-18-35-59(60)70-58-34-17-16-33-55(58)65-64(70)71)48-25-20-32-52(41-48)72(49-26-10-3-11-27-49,50-28-12-4-13-29-50)51-30-14-5-15-31-51/h1-43H. The summed E-state index contributed by atoms with van der Waals surface area (Å²) in [6.45, 7) is 0. The Morgan fingerprint density at radius 3 is 1.28 bits per heavy atom. The number of aromatic nitrogens is 7. The van der Waals surface area contributed by atoms with Gasteiger partial charge < -0.3 is 0 Å². The van der Waals surface area contributed by atoms with E-state index < -0.39 is 8.07 Å². The molecule has 0 saturated carbocycles. The molecule has 0 aliphatic heterocycles. The normalized spacial score (nSPS) is 11.9. The first kappa shape index (κ1) is 41.5. The molecule has 0 aliphatic rings. The fourth-order valence-corrected chi connectivity index (χ4v) is 15.8. The van der Waals surface area contributed by atoms with E-state index in [0.717, 1.165) is 77.5 Å². The highest BCUT2D eigenvalue weighted by molar-refractivity contribution is 7.19. The average Bonchev–Trinajstić information content (AvgIpc) is 4.11. The van der Waals surface area contributed by atoms with E-state index >= 15 is 0 Å². The minimum atomic E-state index is -2.92. The number of para-hydroxylation sites is 4. The van der Waals surface area contributed by atoms with Gasteiger partial charge in [-0.15, -0.1) is 0 Å². The Morgan fingerprint density at radius 2 is 0.722 bits per heavy atom. The number of imidazole rings is 2. The van der Waals surface area contributed by atoms with Gasteiger partial charge in [0, 0.05) is 16.3 Å². The Morgan fingerprint density at radius 1 is 0.278 bits per heavy atom. The summed E-state index contributed by atoms with van der Waals surface area (Å²) in [5, 5.41) is 7.30. The zero-order chi connectivity index (χ0) is 47.6. The summed E-state index contributed by atoms with van der Waals surface area (Å²) in [6.07, 6.45) is 0. The van der Waals surface area contributed by atoms with E-state index in [1.807, 2.05) is 6.07 Å². The molecule has 338 valence electrons. The zero-order valence-corrected chi connectivity index (χ0v) is 40.0. The van der Waals surface area contributed by atoms with Crippen LogP contribution in [-0.4, -0.2) is 41.5 Å². The lowest BCUT2D eigenvalue weighted by Gasteiger charge is -2.34. The molecule has 14 rings (SSSR count). The van der Waals surface area contributed by atoms with Crippen LogP contribution in [0.1, 0.15) is 0 Å². The maximum absolute atomic E-state index is 5.58. The van der Waals surface area contributed by atoms with Gasteiger partial charge in [0.15, 0.2) is 13.9 Å². The Kier molecular flexibility index (Phi) is 9.72. The van der Waals surface area contributed by atoms with Crippen LogP contribution < -0.4 is 20.7 Å². The predicted octanol–water partition coefficient (Wildman–Crippen LogP) is 12.1. The molecule has 4 heterocycles. The Hall–Kier alpha value is -9.50. The highest BCUT2D eigenvalue weighted by atomic mass is 28.3. The minimum Gasteiger partial charge on any atom is -0.278 e. The molecule has 0 N–H and O–H groups in total. The van der Waals surface area contributed by atoms with Crippen LogP contribution in [0.4, 0.5) is 0 Å². The van der Waals surface area contributed by atoms with Crippen molar-refractivity contribution in [3.05, 3.63) is 261 Å². The minimum absolute atomic E-state index is 0.469. The summed E-state index contributed by atoms with van der Waals surface area (Å²) in [5.41, 5.74) is 11.3. The molecule has 72 heavy (non-hydrogen) atoms. The summed E-state index contributed by atoms with van der Waals surface area (Å²) >= 11 is 0. The second-order valence-corrected chi connectivity index (χ2v) is 22.1. The molecular formula is C64H43N7Si. The fourth-order valence-electron chi connectivity index (χ4n) is 11.0. The van der Waals surface area contributed by atoms with Crippen LogP contribution in [0, 0.1) is 0 Å². The zero-order valence-electron chi connectivity index (χ0n) is 39.0. The number of rotatable bonds is 9. The summed E-state index contributed by atoms with van der Waals surface area (Å²) in [6, 6.07) is 93.3. The van der Waals surface area contributed by atoms with Crippen molar-refractivity contribution in [2.75, 3.05) is 0 Å².